The highest BCUT2D eigenvalue weighted by Crippen LogP contribution is 2.14. The number of rotatable bonds is 8. The highest BCUT2D eigenvalue weighted by atomic mass is 32.2. The molecule has 0 aromatic heterocycles. The zero-order chi connectivity index (χ0) is 15.2. The number of sulfonamides is 1. The largest absolute Gasteiger partial charge is 0.381 e. The predicted molar refractivity (Wildman–Crippen MR) is 83.6 cm³/mol. The molecule has 0 fully saturated rings. The third-order valence-corrected chi connectivity index (χ3v) is 4.24. The first-order valence-corrected chi connectivity index (χ1v) is 8.34. The molecule has 2 N–H and O–H groups in total. The Morgan fingerprint density at radius 1 is 1.20 bits per heavy atom. The van der Waals surface area contributed by atoms with Gasteiger partial charge >= 0.3 is 0 Å². The van der Waals surface area contributed by atoms with Crippen molar-refractivity contribution in [3.63, 3.8) is 0 Å². The van der Waals surface area contributed by atoms with Crippen molar-refractivity contribution in [1.82, 2.24) is 9.62 Å². The Labute approximate surface area is 122 Å². The highest BCUT2D eigenvalue weighted by molar-refractivity contribution is 7.89. The van der Waals surface area contributed by atoms with Gasteiger partial charge in [-0.15, -0.1) is 0 Å². The van der Waals surface area contributed by atoms with Crippen LogP contribution in [-0.2, 0) is 10.0 Å². The summed E-state index contributed by atoms with van der Waals surface area (Å²) in [4.78, 5) is 2.40. The van der Waals surface area contributed by atoms with Crippen LogP contribution in [0.15, 0.2) is 29.2 Å². The number of hydrogen-bond acceptors (Lipinski definition) is 4. The summed E-state index contributed by atoms with van der Waals surface area (Å²) in [6, 6.07) is 7.15. The first kappa shape index (κ1) is 16.9. The van der Waals surface area contributed by atoms with Gasteiger partial charge < -0.3 is 10.2 Å². The third-order valence-electron chi connectivity index (χ3n) is 2.76. The Morgan fingerprint density at radius 2 is 1.80 bits per heavy atom. The average molecular weight is 299 g/mol. The number of nitrogens with zero attached hydrogens (tertiary/aromatic N) is 1. The molecule has 0 aliphatic heterocycles. The van der Waals surface area contributed by atoms with Gasteiger partial charge in [0.1, 0.15) is 0 Å². The van der Waals surface area contributed by atoms with Crippen LogP contribution in [-0.4, -0.2) is 46.5 Å². The topological polar surface area (TPSA) is 61.4 Å². The summed E-state index contributed by atoms with van der Waals surface area (Å²) in [7, 11) is 0.670. The minimum absolute atomic E-state index is 0.297. The molecule has 1 aromatic carbocycles. The summed E-state index contributed by atoms with van der Waals surface area (Å²) in [5, 5.41) is 3.34. The zero-order valence-electron chi connectivity index (χ0n) is 12.7. The second-order valence-corrected chi connectivity index (χ2v) is 7.00. The quantitative estimate of drug-likeness (QED) is 0.767. The van der Waals surface area contributed by atoms with Gasteiger partial charge in [0.15, 0.2) is 0 Å². The van der Waals surface area contributed by atoms with Gasteiger partial charge in [-0.25, -0.2) is 13.1 Å². The monoisotopic (exact) mass is 299 g/mol. The van der Waals surface area contributed by atoms with E-state index in [0.29, 0.717) is 17.5 Å². The normalized spacial score (nSPS) is 13.4. The van der Waals surface area contributed by atoms with Crippen LogP contribution < -0.4 is 10.0 Å². The third kappa shape index (κ3) is 5.48. The van der Waals surface area contributed by atoms with Gasteiger partial charge in [-0.05, 0) is 51.7 Å². The summed E-state index contributed by atoms with van der Waals surface area (Å²) in [5.74, 6) is 0. The van der Waals surface area contributed by atoms with E-state index >= 15 is 0 Å². The van der Waals surface area contributed by atoms with Gasteiger partial charge in [-0.2, -0.15) is 0 Å². The van der Waals surface area contributed by atoms with Crippen molar-refractivity contribution in [1.29, 1.82) is 0 Å². The second-order valence-electron chi connectivity index (χ2n) is 5.23. The molecule has 1 unspecified atom stereocenters. The van der Waals surface area contributed by atoms with Gasteiger partial charge in [0.2, 0.25) is 10.0 Å². The maximum absolute atomic E-state index is 11.9. The minimum atomic E-state index is -3.37. The van der Waals surface area contributed by atoms with E-state index in [1.165, 1.54) is 0 Å². The van der Waals surface area contributed by atoms with Crippen LogP contribution in [0.2, 0.25) is 0 Å². The van der Waals surface area contributed by atoms with Gasteiger partial charge in [0, 0.05) is 24.8 Å². The molecule has 5 nitrogen and oxygen atoms in total. The molecule has 6 heteroatoms. The molecule has 0 aliphatic carbocycles. The molecular weight excluding hydrogens is 274 g/mol. The maximum Gasteiger partial charge on any atom is 0.240 e. The summed E-state index contributed by atoms with van der Waals surface area (Å²) in [5.41, 5.74) is 0.925. The molecule has 0 saturated carbocycles. The molecule has 20 heavy (non-hydrogen) atoms. The Bertz CT molecular complexity index is 498. The first-order chi connectivity index (χ1) is 9.35. The molecule has 114 valence electrons. The molecular formula is C14H25N3O2S. The van der Waals surface area contributed by atoms with Gasteiger partial charge in [0.25, 0.3) is 0 Å². The van der Waals surface area contributed by atoms with Crippen LogP contribution >= 0.6 is 0 Å². The van der Waals surface area contributed by atoms with Crippen molar-refractivity contribution in [2.45, 2.75) is 31.2 Å². The predicted octanol–water partition coefficient (Wildman–Crippen LogP) is 1.74. The van der Waals surface area contributed by atoms with Crippen LogP contribution in [0.4, 0.5) is 5.69 Å². The van der Waals surface area contributed by atoms with E-state index in [2.05, 4.69) is 21.9 Å². The van der Waals surface area contributed by atoms with Crippen LogP contribution in [0.3, 0.4) is 0 Å². The van der Waals surface area contributed by atoms with Crippen LogP contribution in [0.5, 0.6) is 0 Å². The van der Waals surface area contributed by atoms with Crippen molar-refractivity contribution in [2.75, 3.05) is 32.5 Å². The fourth-order valence-electron chi connectivity index (χ4n) is 1.93. The van der Waals surface area contributed by atoms with E-state index in [1.54, 1.807) is 24.3 Å². The highest BCUT2D eigenvalue weighted by Gasteiger charge is 2.12. The lowest BCUT2D eigenvalue weighted by Crippen LogP contribution is -2.29. The van der Waals surface area contributed by atoms with Crippen LogP contribution in [0.1, 0.15) is 20.3 Å². The Balaban J connectivity index is 2.69. The lowest BCUT2D eigenvalue weighted by Gasteiger charge is -2.19. The van der Waals surface area contributed by atoms with E-state index in [0.717, 1.165) is 18.7 Å². The number of hydrogen-bond donors (Lipinski definition) is 2. The lowest BCUT2D eigenvalue weighted by atomic mass is 10.2. The number of anilines is 1. The Kier molecular flexibility index (Phi) is 6.45. The fraction of sp³-hybridized carbons (Fsp3) is 0.571. The maximum atomic E-state index is 11.9. The summed E-state index contributed by atoms with van der Waals surface area (Å²) in [6.07, 6.45) is 0.779. The lowest BCUT2D eigenvalue weighted by molar-refractivity contribution is 0.392. The molecule has 1 rings (SSSR count). The van der Waals surface area contributed by atoms with Crippen molar-refractivity contribution in [3.05, 3.63) is 24.3 Å². The van der Waals surface area contributed by atoms with E-state index in [-0.39, 0.29) is 0 Å². The van der Waals surface area contributed by atoms with Crippen molar-refractivity contribution in [2.24, 2.45) is 0 Å². The molecule has 0 spiro atoms. The Hall–Kier alpha value is -1.11. The van der Waals surface area contributed by atoms with Crippen LogP contribution in [0, 0.1) is 0 Å². The van der Waals surface area contributed by atoms with Gasteiger partial charge in [0.05, 0.1) is 4.90 Å². The first-order valence-electron chi connectivity index (χ1n) is 6.86. The SMILES string of the molecule is CCCNS(=O)(=O)c1ccc(NC(C)CN(C)C)cc1. The zero-order valence-corrected chi connectivity index (χ0v) is 13.5. The molecule has 0 heterocycles. The average Bonchev–Trinajstić information content (AvgIpc) is 2.36. The number of nitrogens with one attached hydrogen (secondary N) is 2. The molecule has 0 aliphatic rings. The molecule has 0 amide bonds. The van der Waals surface area contributed by atoms with Gasteiger partial charge in [-0.3, -0.25) is 0 Å². The molecule has 0 saturated heterocycles. The van der Waals surface area contributed by atoms with Crippen molar-refractivity contribution < 1.29 is 8.42 Å². The van der Waals surface area contributed by atoms with Crippen molar-refractivity contribution >= 4 is 15.7 Å². The van der Waals surface area contributed by atoms with E-state index in [9.17, 15) is 8.42 Å². The smallest absolute Gasteiger partial charge is 0.240 e. The van der Waals surface area contributed by atoms with Crippen LogP contribution in [0.25, 0.3) is 0 Å². The second kappa shape index (κ2) is 7.61. The molecule has 1 atom stereocenters. The fourth-order valence-corrected chi connectivity index (χ4v) is 3.06. The minimum Gasteiger partial charge on any atom is -0.381 e. The van der Waals surface area contributed by atoms with Crippen molar-refractivity contribution in [3.8, 4) is 0 Å². The standard InChI is InChI=1S/C14H25N3O2S/c1-5-10-15-20(18,19)14-8-6-13(7-9-14)16-12(2)11-17(3)4/h6-9,12,15-16H,5,10-11H2,1-4H3. The molecule has 0 radical (unpaired) electrons. The summed E-state index contributed by atoms with van der Waals surface area (Å²) in [6.45, 7) is 5.40. The summed E-state index contributed by atoms with van der Waals surface area (Å²) >= 11 is 0. The number of benzene rings is 1. The van der Waals surface area contributed by atoms with E-state index < -0.39 is 10.0 Å². The Morgan fingerprint density at radius 3 is 2.30 bits per heavy atom. The molecule has 1 aromatic rings. The summed E-state index contributed by atoms with van der Waals surface area (Å²) < 4.78 is 26.4. The van der Waals surface area contributed by atoms with E-state index in [4.69, 9.17) is 0 Å². The van der Waals surface area contributed by atoms with E-state index in [1.807, 2.05) is 21.0 Å². The van der Waals surface area contributed by atoms with Gasteiger partial charge in [-0.1, -0.05) is 6.92 Å². The molecule has 0 bridgehead atoms. The number of likely N-dealkylation sites (N-methyl/N-ethyl adjacent to an activating group) is 1.